The summed E-state index contributed by atoms with van der Waals surface area (Å²) in [5, 5.41) is 16.2. The summed E-state index contributed by atoms with van der Waals surface area (Å²) in [6.45, 7) is -0.425. The molecule has 1 aliphatic carbocycles. The van der Waals surface area contributed by atoms with E-state index in [0.717, 1.165) is 16.8 Å². The van der Waals surface area contributed by atoms with Crippen molar-refractivity contribution >= 4 is 11.5 Å². The molecule has 0 saturated heterocycles. The number of aromatic nitrogens is 3. The third kappa shape index (κ3) is 3.34. The molecule has 2 N–H and O–H groups in total. The molecule has 0 saturated carbocycles. The number of aliphatic hydroxyl groups excluding tert-OH is 1. The molecular weight excluding hydrogens is 351 g/mol. The van der Waals surface area contributed by atoms with Gasteiger partial charge in [0.15, 0.2) is 0 Å². The normalized spacial score (nSPS) is 13.8. The van der Waals surface area contributed by atoms with Crippen LogP contribution in [0.3, 0.4) is 0 Å². The van der Waals surface area contributed by atoms with E-state index in [0.29, 0.717) is 12.2 Å². The van der Waals surface area contributed by atoms with Gasteiger partial charge in [-0.3, -0.25) is 9.78 Å². The van der Waals surface area contributed by atoms with Crippen LogP contribution in [0.15, 0.2) is 53.2 Å². The van der Waals surface area contributed by atoms with Crippen molar-refractivity contribution in [3.8, 4) is 0 Å². The molecule has 27 heavy (non-hydrogen) atoms. The van der Waals surface area contributed by atoms with E-state index < -0.39 is 24.4 Å². The minimum Gasteiger partial charge on any atom is -0.394 e. The first-order valence-corrected chi connectivity index (χ1v) is 8.31. The van der Waals surface area contributed by atoms with E-state index in [-0.39, 0.29) is 11.5 Å². The number of carbonyl (C=O) groups excluding carboxylic acids is 1. The van der Waals surface area contributed by atoms with Gasteiger partial charge in [0.25, 0.3) is 11.8 Å². The highest BCUT2D eigenvalue weighted by molar-refractivity contribution is 5.94. The van der Waals surface area contributed by atoms with E-state index in [2.05, 4.69) is 20.4 Å². The minimum atomic E-state index is -0.876. The van der Waals surface area contributed by atoms with Crippen molar-refractivity contribution in [2.45, 2.75) is 12.5 Å². The molecule has 3 aromatic rings. The smallest absolute Gasteiger partial charge is 0.251 e. The number of rotatable bonds is 5. The Kier molecular flexibility index (Phi) is 4.47. The molecule has 1 aliphatic rings. The summed E-state index contributed by atoms with van der Waals surface area (Å²) in [5.74, 6) is -0.470. The first-order valence-electron chi connectivity index (χ1n) is 8.31. The van der Waals surface area contributed by atoms with Crippen LogP contribution in [0.25, 0.3) is 5.57 Å². The Bertz CT molecular complexity index is 1010. The first-order chi connectivity index (χ1) is 13.2. The number of nitrogens with zero attached hydrogens (tertiary/aromatic N) is 3. The topological polar surface area (TPSA) is 101 Å². The lowest BCUT2D eigenvalue weighted by Crippen LogP contribution is -2.31. The summed E-state index contributed by atoms with van der Waals surface area (Å²) < 4.78 is 18.2. The number of fused-ring (bicyclic) bond motifs is 1. The zero-order valence-electron chi connectivity index (χ0n) is 14.1. The van der Waals surface area contributed by atoms with Gasteiger partial charge in [-0.15, -0.1) is 0 Å². The van der Waals surface area contributed by atoms with Gasteiger partial charge in [0.05, 0.1) is 12.3 Å². The van der Waals surface area contributed by atoms with Crippen LogP contribution in [0.5, 0.6) is 0 Å². The molecule has 0 bridgehead atoms. The van der Waals surface area contributed by atoms with Crippen LogP contribution in [0.1, 0.15) is 39.4 Å². The van der Waals surface area contributed by atoms with Gasteiger partial charge in [0.1, 0.15) is 11.9 Å². The van der Waals surface area contributed by atoms with Crippen LogP contribution in [0.2, 0.25) is 0 Å². The molecule has 0 radical (unpaired) electrons. The maximum Gasteiger partial charge on any atom is 0.251 e. The fourth-order valence-electron chi connectivity index (χ4n) is 2.88. The van der Waals surface area contributed by atoms with E-state index in [9.17, 15) is 14.3 Å². The van der Waals surface area contributed by atoms with Gasteiger partial charge < -0.3 is 14.9 Å². The molecule has 1 atom stereocenters. The zero-order chi connectivity index (χ0) is 18.8. The van der Waals surface area contributed by atoms with Gasteiger partial charge in [-0.25, -0.2) is 4.39 Å². The number of hydrogen-bond donors (Lipinski definition) is 2. The van der Waals surface area contributed by atoms with Gasteiger partial charge in [0, 0.05) is 29.3 Å². The van der Waals surface area contributed by atoms with Crippen molar-refractivity contribution in [2.75, 3.05) is 6.61 Å². The largest absolute Gasteiger partial charge is 0.394 e. The highest BCUT2D eigenvalue weighted by Crippen LogP contribution is 2.30. The Morgan fingerprint density at radius 2 is 2.11 bits per heavy atom. The average Bonchev–Trinajstić information content (AvgIpc) is 3.33. The molecular formula is C19H15FN4O3. The van der Waals surface area contributed by atoms with E-state index in [1.165, 1.54) is 24.3 Å². The SMILES string of the molecule is O=C(N[C@@H](CO)c1nc(C2=CCc3ncccc32)no1)c1ccc(F)cc1. The van der Waals surface area contributed by atoms with Gasteiger partial charge in [-0.2, -0.15) is 4.98 Å². The first kappa shape index (κ1) is 17.0. The number of amides is 1. The Morgan fingerprint density at radius 1 is 1.30 bits per heavy atom. The number of nitrogens with one attached hydrogen (secondary N) is 1. The monoisotopic (exact) mass is 366 g/mol. The van der Waals surface area contributed by atoms with E-state index >= 15 is 0 Å². The van der Waals surface area contributed by atoms with Crippen molar-refractivity contribution in [2.24, 2.45) is 0 Å². The lowest BCUT2D eigenvalue weighted by molar-refractivity contribution is 0.0901. The van der Waals surface area contributed by atoms with Crippen molar-refractivity contribution in [1.82, 2.24) is 20.4 Å². The van der Waals surface area contributed by atoms with E-state index in [1.807, 2.05) is 18.2 Å². The van der Waals surface area contributed by atoms with Gasteiger partial charge >= 0.3 is 0 Å². The Morgan fingerprint density at radius 3 is 2.89 bits per heavy atom. The Hall–Kier alpha value is -3.39. The standard InChI is InChI=1S/C19H15FN4O3/c20-12-5-3-11(4-6-12)18(26)22-16(10-25)19-23-17(24-27-19)14-7-8-15-13(14)2-1-9-21-15/h1-7,9,16,25H,8,10H2,(H,22,26)/t16-/m0/s1. The summed E-state index contributed by atoms with van der Waals surface area (Å²) in [7, 11) is 0. The van der Waals surface area contributed by atoms with Crippen molar-refractivity contribution < 1.29 is 18.8 Å². The molecule has 0 unspecified atom stereocenters. The summed E-state index contributed by atoms with van der Waals surface area (Å²) in [4.78, 5) is 20.9. The second-order valence-electron chi connectivity index (χ2n) is 5.99. The predicted octanol–water partition coefficient (Wildman–Crippen LogP) is 2.05. The van der Waals surface area contributed by atoms with E-state index in [1.54, 1.807) is 6.20 Å². The summed E-state index contributed by atoms with van der Waals surface area (Å²) in [5.41, 5.74) is 2.92. The lowest BCUT2D eigenvalue weighted by atomic mass is 10.1. The number of carbonyl (C=O) groups is 1. The number of halogens is 1. The van der Waals surface area contributed by atoms with Crippen LogP contribution in [0.4, 0.5) is 4.39 Å². The van der Waals surface area contributed by atoms with Crippen molar-refractivity contribution in [3.05, 3.63) is 83.0 Å². The molecule has 0 fully saturated rings. The quantitative estimate of drug-likeness (QED) is 0.717. The number of benzene rings is 1. The van der Waals surface area contributed by atoms with Gasteiger partial charge in [0.2, 0.25) is 5.82 Å². The molecule has 7 nitrogen and oxygen atoms in total. The summed E-state index contributed by atoms with van der Waals surface area (Å²) >= 11 is 0. The second-order valence-corrected chi connectivity index (χ2v) is 5.99. The highest BCUT2D eigenvalue weighted by Gasteiger charge is 2.25. The molecule has 4 rings (SSSR count). The third-order valence-electron chi connectivity index (χ3n) is 4.25. The maximum absolute atomic E-state index is 13.0. The molecule has 8 heteroatoms. The second kappa shape index (κ2) is 7.08. The van der Waals surface area contributed by atoms with Crippen LogP contribution >= 0.6 is 0 Å². The van der Waals surface area contributed by atoms with Crippen LogP contribution < -0.4 is 5.32 Å². The minimum absolute atomic E-state index is 0.0844. The molecule has 136 valence electrons. The fraction of sp³-hybridized carbons (Fsp3) is 0.158. The number of pyridine rings is 1. The zero-order valence-corrected chi connectivity index (χ0v) is 14.1. The van der Waals surface area contributed by atoms with Crippen LogP contribution in [-0.2, 0) is 6.42 Å². The molecule has 1 aromatic carbocycles. The van der Waals surface area contributed by atoms with Gasteiger partial charge in [-0.1, -0.05) is 17.3 Å². The number of hydrogen-bond acceptors (Lipinski definition) is 6. The third-order valence-corrected chi connectivity index (χ3v) is 4.25. The molecule has 2 heterocycles. The van der Waals surface area contributed by atoms with Crippen molar-refractivity contribution in [3.63, 3.8) is 0 Å². The molecule has 1 amide bonds. The summed E-state index contributed by atoms with van der Waals surface area (Å²) in [6.07, 6.45) is 4.36. The highest BCUT2D eigenvalue weighted by atomic mass is 19.1. The number of aliphatic hydroxyl groups is 1. The molecule has 0 aliphatic heterocycles. The van der Waals surface area contributed by atoms with Crippen LogP contribution in [0, 0.1) is 5.82 Å². The number of allylic oxidation sites excluding steroid dienone is 1. The average molecular weight is 366 g/mol. The van der Waals surface area contributed by atoms with E-state index in [4.69, 9.17) is 4.52 Å². The van der Waals surface area contributed by atoms with Crippen molar-refractivity contribution in [1.29, 1.82) is 0 Å². The summed E-state index contributed by atoms with van der Waals surface area (Å²) in [6, 6.07) is 7.96. The predicted molar refractivity (Wildman–Crippen MR) is 93.0 cm³/mol. The Labute approximate surface area is 153 Å². The maximum atomic E-state index is 13.0. The van der Waals surface area contributed by atoms with Crippen LogP contribution in [-0.4, -0.2) is 32.7 Å². The molecule has 0 spiro atoms. The Balaban J connectivity index is 1.53. The fourth-order valence-corrected chi connectivity index (χ4v) is 2.88. The van der Waals surface area contributed by atoms with Gasteiger partial charge in [-0.05, 0) is 30.3 Å². The lowest BCUT2D eigenvalue weighted by Gasteiger charge is -2.12. The molecule has 2 aromatic heterocycles.